The summed E-state index contributed by atoms with van der Waals surface area (Å²) in [7, 11) is 0. The molecule has 3 saturated heterocycles. The molecule has 3 atom stereocenters. The predicted molar refractivity (Wildman–Crippen MR) is 90.0 cm³/mol. The number of likely N-dealkylation sites (tertiary alicyclic amines) is 2. The van der Waals surface area contributed by atoms with Crippen LogP contribution in [-0.2, 0) is 20.8 Å². The molecule has 4 heterocycles. The van der Waals surface area contributed by atoms with Gasteiger partial charge in [-0.25, -0.2) is 0 Å². The number of amides is 1. The molecule has 25 heavy (non-hydrogen) atoms. The summed E-state index contributed by atoms with van der Waals surface area (Å²) in [4.78, 5) is 16.5. The maximum Gasteiger partial charge on any atom is 0.248 e. The summed E-state index contributed by atoms with van der Waals surface area (Å²) in [5.74, 6) is 0.935. The smallest absolute Gasteiger partial charge is 0.248 e. The quantitative estimate of drug-likeness (QED) is 0.799. The lowest BCUT2D eigenvalue weighted by molar-refractivity contribution is -0.140. The average molecular weight is 349 g/mol. The Hall–Kier alpha value is -1.44. The fourth-order valence-electron chi connectivity index (χ4n) is 4.27. The zero-order valence-electron chi connectivity index (χ0n) is 14.9. The molecule has 0 aromatic carbocycles. The van der Waals surface area contributed by atoms with Crippen LogP contribution in [-0.4, -0.2) is 72.0 Å². The van der Waals surface area contributed by atoms with E-state index in [1.54, 1.807) is 0 Å². The second kappa shape index (κ2) is 7.43. The monoisotopic (exact) mass is 349 g/mol. The molecule has 138 valence electrons. The molecule has 7 nitrogen and oxygen atoms in total. The summed E-state index contributed by atoms with van der Waals surface area (Å²) >= 11 is 0. The number of nitrogens with zero attached hydrogens (tertiary/aromatic N) is 3. The third kappa shape index (κ3) is 3.73. The first-order chi connectivity index (χ1) is 12.2. The van der Waals surface area contributed by atoms with Crippen LogP contribution < -0.4 is 0 Å². The van der Waals surface area contributed by atoms with Gasteiger partial charge in [0, 0.05) is 44.9 Å². The fraction of sp³-hybridized carbons (Fsp3) is 0.778. The minimum Gasteiger partial charge on any atom is -0.374 e. The number of carbonyl (C=O) groups is 1. The molecular weight excluding hydrogens is 322 g/mol. The van der Waals surface area contributed by atoms with Crippen molar-refractivity contribution in [3.63, 3.8) is 0 Å². The van der Waals surface area contributed by atoms with Gasteiger partial charge in [0.2, 0.25) is 5.91 Å². The Balaban J connectivity index is 1.37. The third-order valence-corrected chi connectivity index (χ3v) is 5.51. The van der Waals surface area contributed by atoms with Crippen molar-refractivity contribution in [1.29, 1.82) is 0 Å². The van der Waals surface area contributed by atoms with Gasteiger partial charge in [0.1, 0.15) is 18.5 Å². The minimum absolute atomic E-state index is 0.0492. The van der Waals surface area contributed by atoms with Crippen LogP contribution in [0.25, 0.3) is 0 Å². The number of aryl methyl sites for hydroxylation is 1. The van der Waals surface area contributed by atoms with Gasteiger partial charge in [-0.2, -0.15) is 0 Å². The fourth-order valence-corrected chi connectivity index (χ4v) is 4.27. The first kappa shape index (κ1) is 17.0. The molecule has 0 N–H and O–H groups in total. The molecule has 0 saturated carbocycles. The molecule has 3 aliphatic heterocycles. The summed E-state index contributed by atoms with van der Waals surface area (Å²) in [6, 6.07) is 2.31. The van der Waals surface area contributed by atoms with Gasteiger partial charge in [-0.1, -0.05) is 5.16 Å². The van der Waals surface area contributed by atoms with Crippen molar-refractivity contribution in [2.45, 2.75) is 57.4 Å². The van der Waals surface area contributed by atoms with E-state index in [0.717, 1.165) is 69.9 Å². The standard InChI is InChI=1S/C18H27N3O4/c1-13-9-14(19-25-13)10-21-11-16(18-15(21)5-4-8-23-18)24-12-17(22)20-6-2-3-7-20/h9,15-16,18H,2-8,10-12H2,1H3/t15-,16+,18+/m1/s1. The zero-order valence-corrected chi connectivity index (χ0v) is 14.9. The summed E-state index contributed by atoms with van der Waals surface area (Å²) in [5.41, 5.74) is 0.940. The Labute approximate surface area is 148 Å². The van der Waals surface area contributed by atoms with Crippen LogP contribution in [0.1, 0.15) is 37.1 Å². The van der Waals surface area contributed by atoms with Crippen LogP contribution in [0.5, 0.6) is 0 Å². The maximum atomic E-state index is 12.3. The van der Waals surface area contributed by atoms with E-state index < -0.39 is 0 Å². The first-order valence-corrected chi connectivity index (χ1v) is 9.38. The number of rotatable bonds is 5. The second-order valence-electron chi connectivity index (χ2n) is 7.34. The molecule has 1 amide bonds. The van der Waals surface area contributed by atoms with E-state index in [9.17, 15) is 4.79 Å². The van der Waals surface area contributed by atoms with Crippen LogP contribution in [0, 0.1) is 6.92 Å². The van der Waals surface area contributed by atoms with Gasteiger partial charge in [-0.05, 0) is 32.6 Å². The molecule has 0 unspecified atom stereocenters. The molecule has 7 heteroatoms. The second-order valence-corrected chi connectivity index (χ2v) is 7.34. The Bertz CT molecular complexity index is 599. The Morgan fingerprint density at radius 1 is 1.36 bits per heavy atom. The Kier molecular flexibility index (Phi) is 5.05. The highest BCUT2D eigenvalue weighted by molar-refractivity contribution is 5.77. The molecule has 1 aromatic rings. The van der Waals surface area contributed by atoms with E-state index in [1.165, 1.54) is 0 Å². The lowest BCUT2D eigenvalue weighted by Crippen LogP contribution is -2.42. The van der Waals surface area contributed by atoms with Crippen LogP contribution in [0.3, 0.4) is 0 Å². The van der Waals surface area contributed by atoms with Gasteiger partial charge in [-0.15, -0.1) is 0 Å². The van der Waals surface area contributed by atoms with Crippen molar-refractivity contribution < 1.29 is 18.8 Å². The number of hydrogen-bond donors (Lipinski definition) is 0. The lowest BCUT2D eigenvalue weighted by atomic mass is 10.0. The van der Waals surface area contributed by atoms with Gasteiger partial charge in [0.25, 0.3) is 0 Å². The largest absolute Gasteiger partial charge is 0.374 e. The van der Waals surface area contributed by atoms with Gasteiger partial charge < -0.3 is 18.9 Å². The van der Waals surface area contributed by atoms with Crippen LogP contribution in [0.4, 0.5) is 0 Å². The Morgan fingerprint density at radius 3 is 2.96 bits per heavy atom. The molecule has 3 aliphatic rings. The molecule has 4 rings (SSSR count). The highest BCUT2D eigenvalue weighted by atomic mass is 16.5. The van der Waals surface area contributed by atoms with Crippen molar-refractivity contribution in [3.8, 4) is 0 Å². The first-order valence-electron chi connectivity index (χ1n) is 9.38. The van der Waals surface area contributed by atoms with E-state index in [2.05, 4.69) is 10.1 Å². The zero-order chi connectivity index (χ0) is 17.2. The van der Waals surface area contributed by atoms with Crippen LogP contribution in [0.15, 0.2) is 10.6 Å². The molecular formula is C18H27N3O4. The van der Waals surface area contributed by atoms with E-state index >= 15 is 0 Å². The van der Waals surface area contributed by atoms with Gasteiger partial charge in [0.05, 0.1) is 11.8 Å². The maximum absolute atomic E-state index is 12.3. The van der Waals surface area contributed by atoms with Crippen molar-refractivity contribution in [2.24, 2.45) is 0 Å². The SMILES string of the molecule is Cc1cc(CN2C[C@H](OCC(=O)N3CCCC3)[C@H]3OCCC[C@H]32)no1. The predicted octanol–water partition coefficient (Wildman–Crippen LogP) is 1.35. The van der Waals surface area contributed by atoms with Gasteiger partial charge >= 0.3 is 0 Å². The van der Waals surface area contributed by atoms with Crippen LogP contribution >= 0.6 is 0 Å². The summed E-state index contributed by atoms with van der Waals surface area (Å²) in [6.45, 7) is 6.09. The van der Waals surface area contributed by atoms with Crippen molar-refractivity contribution in [3.05, 3.63) is 17.5 Å². The molecule has 3 fully saturated rings. The molecule has 0 spiro atoms. The van der Waals surface area contributed by atoms with Gasteiger partial charge in [0.15, 0.2) is 0 Å². The summed E-state index contributed by atoms with van der Waals surface area (Å²) in [5, 5.41) is 4.11. The van der Waals surface area contributed by atoms with E-state index in [1.807, 2.05) is 17.9 Å². The number of carbonyl (C=O) groups excluding carboxylic acids is 1. The lowest BCUT2D eigenvalue weighted by Gasteiger charge is -2.32. The summed E-state index contributed by atoms with van der Waals surface area (Å²) < 4.78 is 17.2. The molecule has 0 bridgehead atoms. The number of fused-ring (bicyclic) bond motifs is 1. The summed E-state index contributed by atoms with van der Waals surface area (Å²) in [6.07, 6.45) is 4.37. The highest BCUT2D eigenvalue weighted by Crippen LogP contribution is 2.31. The van der Waals surface area contributed by atoms with E-state index in [-0.39, 0.29) is 24.7 Å². The minimum atomic E-state index is -0.0511. The van der Waals surface area contributed by atoms with Crippen LogP contribution in [0.2, 0.25) is 0 Å². The number of hydrogen-bond acceptors (Lipinski definition) is 6. The Morgan fingerprint density at radius 2 is 2.20 bits per heavy atom. The normalized spacial score (nSPS) is 30.0. The third-order valence-electron chi connectivity index (χ3n) is 5.51. The highest BCUT2D eigenvalue weighted by Gasteiger charge is 2.45. The number of ether oxygens (including phenoxy) is 2. The van der Waals surface area contributed by atoms with Gasteiger partial charge in [-0.3, -0.25) is 9.69 Å². The van der Waals surface area contributed by atoms with E-state index in [0.29, 0.717) is 6.04 Å². The molecule has 0 radical (unpaired) electrons. The molecule has 1 aromatic heterocycles. The number of aromatic nitrogens is 1. The average Bonchev–Trinajstić information content (AvgIpc) is 3.35. The van der Waals surface area contributed by atoms with Crippen molar-refractivity contribution in [1.82, 2.24) is 15.0 Å². The topological polar surface area (TPSA) is 68.0 Å². The van der Waals surface area contributed by atoms with Crippen molar-refractivity contribution in [2.75, 3.05) is 32.8 Å². The van der Waals surface area contributed by atoms with E-state index in [4.69, 9.17) is 14.0 Å². The molecule has 0 aliphatic carbocycles. The van der Waals surface area contributed by atoms with Crippen molar-refractivity contribution >= 4 is 5.91 Å².